The molecule has 5 heteroatoms. The van der Waals surface area contributed by atoms with Crippen molar-refractivity contribution in [3.63, 3.8) is 0 Å². The van der Waals surface area contributed by atoms with Crippen molar-refractivity contribution in [2.75, 3.05) is 0 Å². The molecule has 2 aliphatic carbocycles. The van der Waals surface area contributed by atoms with Crippen LogP contribution in [0.3, 0.4) is 0 Å². The van der Waals surface area contributed by atoms with Crippen molar-refractivity contribution in [3.8, 4) is 0 Å². The van der Waals surface area contributed by atoms with Crippen LogP contribution < -0.4 is 5.32 Å². The molecule has 1 unspecified atom stereocenters. The maximum Gasteiger partial charge on any atom is 0.329 e. The Balaban J connectivity index is 1.89. The van der Waals surface area contributed by atoms with E-state index in [1.54, 1.807) is 0 Å². The third kappa shape index (κ3) is 3.32. The molecular weight excluding hydrogens is 258 g/mol. The molecule has 0 saturated heterocycles. The Kier molecular flexibility index (Phi) is 5.02. The van der Waals surface area contributed by atoms with Crippen molar-refractivity contribution in [1.82, 2.24) is 5.32 Å². The lowest BCUT2D eigenvalue weighted by molar-refractivity contribution is -0.155. The van der Waals surface area contributed by atoms with Crippen molar-refractivity contribution >= 4 is 11.9 Å². The molecule has 1 atom stereocenters. The number of rotatable bonds is 6. The molecule has 0 bridgehead atoms. The number of aliphatic carboxylic acids is 1. The SMILES string of the molecule is CCC(OC1CCCCC1)C(=O)NC1(C(=O)O)CCC1. The molecule has 0 heterocycles. The van der Waals surface area contributed by atoms with Crippen LogP contribution in [0.4, 0.5) is 0 Å². The molecule has 5 nitrogen and oxygen atoms in total. The Labute approximate surface area is 120 Å². The number of hydrogen-bond donors (Lipinski definition) is 2. The van der Waals surface area contributed by atoms with Crippen molar-refractivity contribution in [1.29, 1.82) is 0 Å². The Hall–Kier alpha value is -1.10. The van der Waals surface area contributed by atoms with Gasteiger partial charge in [0.1, 0.15) is 11.6 Å². The van der Waals surface area contributed by atoms with E-state index in [9.17, 15) is 14.7 Å². The maximum absolute atomic E-state index is 12.3. The molecule has 1 amide bonds. The average molecular weight is 283 g/mol. The average Bonchev–Trinajstić information content (AvgIpc) is 2.40. The number of carboxylic acids is 1. The van der Waals surface area contributed by atoms with Gasteiger partial charge in [-0.05, 0) is 38.5 Å². The Morgan fingerprint density at radius 3 is 2.35 bits per heavy atom. The molecule has 0 aromatic carbocycles. The predicted octanol–water partition coefficient (Wildman–Crippen LogP) is 2.24. The van der Waals surface area contributed by atoms with E-state index in [1.807, 2.05) is 6.92 Å². The minimum atomic E-state index is -1.04. The Bertz CT molecular complexity index is 359. The van der Waals surface area contributed by atoms with Gasteiger partial charge in [0.15, 0.2) is 0 Å². The van der Waals surface area contributed by atoms with Gasteiger partial charge in [0, 0.05) is 0 Å². The zero-order valence-corrected chi connectivity index (χ0v) is 12.2. The summed E-state index contributed by atoms with van der Waals surface area (Å²) in [6.45, 7) is 1.90. The normalized spacial score (nSPS) is 23.6. The highest BCUT2D eigenvalue weighted by atomic mass is 16.5. The fourth-order valence-electron chi connectivity index (χ4n) is 3.02. The van der Waals surface area contributed by atoms with Crippen LogP contribution >= 0.6 is 0 Å². The minimum absolute atomic E-state index is 0.154. The third-order valence-corrected chi connectivity index (χ3v) is 4.55. The number of carboxylic acid groups (broad SMARTS) is 1. The first-order valence-corrected chi connectivity index (χ1v) is 7.78. The molecule has 2 fully saturated rings. The Morgan fingerprint density at radius 2 is 1.90 bits per heavy atom. The van der Waals surface area contributed by atoms with Gasteiger partial charge in [0.2, 0.25) is 5.91 Å². The summed E-state index contributed by atoms with van der Waals surface area (Å²) in [6, 6.07) is 0. The second kappa shape index (κ2) is 6.57. The fourth-order valence-corrected chi connectivity index (χ4v) is 3.02. The van der Waals surface area contributed by atoms with Gasteiger partial charge in [0.25, 0.3) is 0 Å². The molecule has 0 radical (unpaired) electrons. The van der Waals surface area contributed by atoms with E-state index in [1.165, 1.54) is 6.42 Å². The third-order valence-electron chi connectivity index (χ3n) is 4.55. The zero-order chi connectivity index (χ0) is 14.6. The second-order valence-electron chi connectivity index (χ2n) is 6.02. The van der Waals surface area contributed by atoms with Crippen LogP contribution in [0.25, 0.3) is 0 Å². The number of carbonyl (C=O) groups excluding carboxylic acids is 1. The lowest BCUT2D eigenvalue weighted by Gasteiger charge is -2.39. The highest BCUT2D eigenvalue weighted by molar-refractivity contribution is 5.89. The van der Waals surface area contributed by atoms with Gasteiger partial charge >= 0.3 is 5.97 Å². The van der Waals surface area contributed by atoms with Gasteiger partial charge in [-0.3, -0.25) is 4.79 Å². The lowest BCUT2D eigenvalue weighted by atomic mass is 9.76. The van der Waals surface area contributed by atoms with Gasteiger partial charge in [0.05, 0.1) is 6.10 Å². The van der Waals surface area contributed by atoms with Crippen LogP contribution in [0.15, 0.2) is 0 Å². The minimum Gasteiger partial charge on any atom is -0.480 e. The van der Waals surface area contributed by atoms with E-state index in [0.29, 0.717) is 19.3 Å². The first-order valence-electron chi connectivity index (χ1n) is 7.78. The molecule has 114 valence electrons. The standard InChI is InChI=1S/C15H25NO4/c1-2-12(20-11-7-4-3-5-8-11)13(17)16-15(14(18)19)9-6-10-15/h11-12H,2-10H2,1H3,(H,16,17)(H,18,19). The van der Waals surface area contributed by atoms with Crippen LogP contribution in [-0.4, -0.2) is 34.7 Å². The number of amides is 1. The summed E-state index contributed by atoms with van der Waals surface area (Å²) in [6.07, 6.45) is 7.68. The molecule has 2 rings (SSSR count). The highest BCUT2D eigenvalue weighted by Crippen LogP contribution is 2.32. The van der Waals surface area contributed by atoms with E-state index >= 15 is 0 Å². The fraction of sp³-hybridized carbons (Fsp3) is 0.867. The Morgan fingerprint density at radius 1 is 1.25 bits per heavy atom. The quantitative estimate of drug-likeness (QED) is 0.784. The molecule has 2 N–H and O–H groups in total. The monoisotopic (exact) mass is 283 g/mol. The van der Waals surface area contributed by atoms with Crippen molar-refractivity contribution in [3.05, 3.63) is 0 Å². The first-order chi connectivity index (χ1) is 9.57. The molecule has 2 saturated carbocycles. The molecule has 0 spiro atoms. The summed E-state index contributed by atoms with van der Waals surface area (Å²) in [7, 11) is 0. The summed E-state index contributed by atoms with van der Waals surface area (Å²) in [5.74, 6) is -1.19. The largest absolute Gasteiger partial charge is 0.480 e. The summed E-state index contributed by atoms with van der Waals surface area (Å²) < 4.78 is 5.89. The molecule has 2 aliphatic rings. The van der Waals surface area contributed by atoms with Crippen LogP contribution in [0.5, 0.6) is 0 Å². The molecule has 0 aromatic rings. The summed E-state index contributed by atoms with van der Waals surface area (Å²) in [5, 5.41) is 12.0. The zero-order valence-electron chi connectivity index (χ0n) is 12.2. The van der Waals surface area contributed by atoms with Gasteiger partial charge in [-0.1, -0.05) is 26.2 Å². The van der Waals surface area contributed by atoms with Crippen LogP contribution in [-0.2, 0) is 14.3 Å². The molecule has 20 heavy (non-hydrogen) atoms. The topological polar surface area (TPSA) is 75.6 Å². The number of carbonyl (C=O) groups is 2. The molecular formula is C15H25NO4. The van der Waals surface area contributed by atoms with Crippen LogP contribution in [0.2, 0.25) is 0 Å². The summed E-state index contributed by atoms with van der Waals surface area (Å²) in [5.41, 5.74) is -1.04. The van der Waals surface area contributed by atoms with E-state index in [-0.39, 0.29) is 12.0 Å². The van der Waals surface area contributed by atoms with Crippen molar-refractivity contribution in [2.45, 2.75) is 82.5 Å². The lowest BCUT2D eigenvalue weighted by Crippen LogP contribution is -2.61. The summed E-state index contributed by atoms with van der Waals surface area (Å²) in [4.78, 5) is 23.5. The molecule has 0 aliphatic heterocycles. The van der Waals surface area contributed by atoms with E-state index < -0.39 is 17.6 Å². The van der Waals surface area contributed by atoms with Gasteiger partial charge in [-0.2, -0.15) is 0 Å². The number of hydrogen-bond acceptors (Lipinski definition) is 3. The number of nitrogens with one attached hydrogen (secondary N) is 1. The maximum atomic E-state index is 12.3. The highest BCUT2D eigenvalue weighted by Gasteiger charge is 2.46. The van der Waals surface area contributed by atoms with Gasteiger partial charge in [-0.25, -0.2) is 4.79 Å². The molecule has 0 aromatic heterocycles. The van der Waals surface area contributed by atoms with Gasteiger partial charge in [-0.15, -0.1) is 0 Å². The van der Waals surface area contributed by atoms with Gasteiger partial charge < -0.3 is 15.2 Å². The first kappa shape index (κ1) is 15.3. The van der Waals surface area contributed by atoms with Crippen LogP contribution in [0.1, 0.15) is 64.7 Å². The van der Waals surface area contributed by atoms with Crippen LogP contribution in [0, 0.1) is 0 Å². The second-order valence-corrected chi connectivity index (χ2v) is 6.02. The van der Waals surface area contributed by atoms with E-state index in [4.69, 9.17) is 4.74 Å². The predicted molar refractivity (Wildman–Crippen MR) is 74.4 cm³/mol. The van der Waals surface area contributed by atoms with E-state index in [0.717, 1.165) is 32.1 Å². The smallest absolute Gasteiger partial charge is 0.329 e. The van der Waals surface area contributed by atoms with Crippen molar-refractivity contribution < 1.29 is 19.4 Å². The van der Waals surface area contributed by atoms with Crippen molar-refractivity contribution in [2.24, 2.45) is 0 Å². The number of ether oxygens (including phenoxy) is 1. The van der Waals surface area contributed by atoms with E-state index in [2.05, 4.69) is 5.32 Å². The summed E-state index contributed by atoms with van der Waals surface area (Å²) >= 11 is 0.